The van der Waals surface area contributed by atoms with Crippen LogP contribution in [0.25, 0.3) is 43.1 Å². The van der Waals surface area contributed by atoms with Crippen LogP contribution in [-0.2, 0) is 51.7 Å². The van der Waals surface area contributed by atoms with E-state index < -0.39 is 0 Å². The van der Waals surface area contributed by atoms with Crippen molar-refractivity contribution in [1.29, 1.82) is 0 Å². The average Bonchev–Trinajstić information content (AvgIpc) is 3.92. The van der Waals surface area contributed by atoms with E-state index in [9.17, 15) is 0 Å². The van der Waals surface area contributed by atoms with Crippen LogP contribution < -0.4 is 24.8 Å². The van der Waals surface area contributed by atoms with E-state index in [2.05, 4.69) is 196 Å². The molecule has 0 aliphatic rings. The summed E-state index contributed by atoms with van der Waals surface area (Å²) in [7, 11) is 1.81. The number of hydrogen-bond donors (Lipinski definition) is 0. The van der Waals surface area contributed by atoms with Gasteiger partial charge in [0.1, 0.15) is 0 Å². The average molecular weight is 1030 g/mol. The third-order valence-corrected chi connectivity index (χ3v) is 7.42. The van der Waals surface area contributed by atoms with E-state index in [1.807, 2.05) is 11.4 Å². The monoisotopic (exact) mass is 1030 g/mol. The molecule has 48 heavy (non-hydrogen) atoms. The molecule has 0 saturated heterocycles. The summed E-state index contributed by atoms with van der Waals surface area (Å²) >= 11 is 0. The van der Waals surface area contributed by atoms with Crippen molar-refractivity contribution in [2.45, 2.75) is 13.1 Å². The van der Waals surface area contributed by atoms with Crippen LogP contribution in [0.4, 0.5) is 0 Å². The van der Waals surface area contributed by atoms with Crippen molar-refractivity contribution in [2.75, 3.05) is 0 Å². The standard InChI is InChI=1S/4C9H7.2C3H6Si.2ClH.2Hf/c4*1-2-5-9-7-3-6-8(9)4-1;2*1-3-4-2;;;;/h4*1-7H;2*3H,1H2,2H3;2*1H;;/q4*-1;;;;;;/p-2. The van der Waals surface area contributed by atoms with Crippen LogP contribution in [0.1, 0.15) is 0 Å². The first-order chi connectivity index (χ1) is 21.7. The Morgan fingerprint density at radius 2 is 0.583 bits per heavy atom. The van der Waals surface area contributed by atoms with Crippen molar-refractivity contribution in [3.05, 3.63) is 194 Å². The number of rotatable bonds is 2. The Morgan fingerprint density at radius 1 is 0.396 bits per heavy atom. The van der Waals surface area contributed by atoms with Crippen molar-refractivity contribution in [2.24, 2.45) is 0 Å². The van der Waals surface area contributed by atoms with Crippen molar-refractivity contribution in [3.63, 3.8) is 0 Å². The Balaban J connectivity index is 0. The molecule has 244 valence electrons. The largest absolute Gasteiger partial charge is 1.00 e. The van der Waals surface area contributed by atoms with Crippen LogP contribution in [-0.4, -0.2) is 19.0 Å². The Hall–Kier alpha value is -2.45. The smallest absolute Gasteiger partial charge is 0.0660 e. The maximum atomic E-state index is 3.49. The molecule has 0 bridgehead atoms. The first-order valence-corrected chi connectivity index (χ1v) is 17.8. The number of halogens is 2. The van der Waals surface area contributed by atoms with Gasteiger partial charge in [0, 0.05) is 51.7 Å². The van der Waals surface area contributed by atoms with E-state index in [0.29, 0.717) is 0 Å². The van der Waals surface area contributed by atoms with Crippen LogP contribution in [0.3, 0.4) is 0 Å². The van der Waals surface area contributed by atoms with E-state index in [-0.39, 0.29) is 76.5 Å². The van der Waals surface area contributed by atoms with Crippen LogP contribution in [0.15, 0.2) is 194 Å². The van der Waals surface area contributed by atoms with Gasteiger partial charge in [-0.05, 0) is 0 Å². The van der Waals surface area contributed by atoms with E-state index in [1.165, 1.54) is 43.1 Å². The van der Waals surface area contributed by atoms with Crippen LogP contribution in [0.2, 0.25) is 13.1 Å². The van der Waals surface area contributed by atoms with Gasteiger partial charge >= 0.3 is 0 Å². The molecule has 0 unspecified atom stereocenters. The fourth-order valence-electron chi connectivity index (χ4n) is 4.28. The summed E-state index contributed by atoms with van der Waals surface area (Å²) in [5, 5.41) is 10.6. The van der Waals surface area contributed by atoms with E-state index >= 15 is 0 Å². The summed E-state index contributed by atoms with van der Waals surface area (Å²) in [6, 6.07) is 58.7. The van der Waals surface area contributed by atoms with Gasteiger partial charge in [-0.1, -0.05) is 37.4 Å². The van der Waals surface area contributed by atoms with Gasteiger partial charge in [-0.15, -0.1) is 143 Å². The predicted molar refractivity (Wildman–Crippen MR) is 202 cm³/mol. The summed E-state index contributed by atoms with van der Waals surface area (Å²) in [5.74, 6) is 0. The molecule has 0 atom stereocenters. The molecule has 0 aliphatic heterocycles. The number of benzene rings is 4. The minimum atomic E-state index is 0. The number of fused-ring (bicyclic) bond motifs is 4. The zero-order valence-electron chi connectivity index (χ0n) is 27.5. The SMILES string of the molecule is C=C[Si]C.C=C[Si]C.[Cl-].[Cl-].[Hf].[Hf].c1ccc2[cH-]ccc2c1.c1ccc2[cH-]ccc2c1.c1ccc2[cH-]ccc2c1.c1ccc2[cH-]ccc2c1. The molecular formula is C42H40Cl2Hf2Si2-6. The second kappa shape index (κ2) is 29.5. The van der Waals surface area contributed by atoms with Gasteiger partial charge in [-0.2, -0.15) is 70.1 Å². The third kappa shape index (κ3) is 17.3. The Morgan fingerprint density at radius 3 is 0.750 bits per heavy atom. The number of hydrogen-bond acceptors (Lipinski definition) is 0. The first-order valence-electron chi connectivity index (χ1n) is 14.7. The van der Waals surface area contributed by atoms with Gasteiger partial charge in [-0.25, -0.2) is 0 Å². The predicted octanol–water partition coefficient (Wildman–Crippen LogP) is 6.00. The molecule has 0 heterocycles. The molecule has 8 aromatic carbocycles. The van der Waals surface area contributed by atoms with Gasteiger partial charge in [0.05, 0.1) is 19.0 Å². The normalized spacial score (nSPS) is 8.71. The molecular weight excluding hydrogens is 989 g/mol. The van der Waals surface area contributed by atoms with Crippen molar-refractivity contribution in [3.8, 4) is 0 Å². The third-order valence-electron chi connectivity index (χ3n) is 6.60. The zero-order chi connectivity index (χ0) is 31.2. The Labute approximate surface area is 342 Å². The molecule has 0 nitrogen and oxygen atoms in total. The van der Waals surface area contributed by atoms with Crippen molar-refractivity contribution in [1.82, 2.24) is 0 Å². The molecule has 0 aromatic heterocycles. The molecule has 0 spiro atoms. The second-order valence-corrected chi connectivity index (χ2v) is 11.6. The Kier molecular flexibility index (Phi) is 29.3. The van der Waals surface area contributed by atoms with Gasteiger partial charge in [-0.3, -0.25) is 0 Å². The van der Waals surface area contributed by atoms with Crippen molar-refractivity contribution >= 4 is 62.1 Å². The molecule has 0 N–H and O–H groups in total. The summed E-state index contributed by atoms with van der Waals surface area (Å²) in [4.78, 5) is 0. The van der Waals surface area contributed by atoms with Gasteiger partial charge in [0.15, 0.2) is 0 Å². The molecule has 4 radical (unpaired) electrons. The van der Waals surface area contributed by atoms with Crippen LogP contribution in [0.5, 0.6) is 0 Å². The topological polar surface area (TPSA) is 0 Å². The summed E-state index contributed by atoms with van der Waals surface area (Å²) < 4.78 is 0. The quantitative estimate of drug-likeness (QED) is 0.148. The fourth-order valence-corrected chi connectivity index (χ4v) is 4.28. The summed E-state index contributed by atoms with van der Waals surface area (Å²) in [5.41, 5.74) is 3.81. The fraction of sp³-hybridized carbons (Fsp3) is 0.0476. The van der Waals surface area contributed by atoms with Crippen LogP contribution in [0, 0.1) is 0 Å². The molecule has 0 fully saturated rings. The summed E-state index contributed by atoms with van der Waals surface area (Å²) in [6.07, 6.45) is 0. The molecule has 0 aliphatic carbocycles. The maximum absolute atomic E-state index is 3.49. The first kappa shape index (κ1) is 47.7. The van der Waals surface area contributed by atoms with E-state index in [1.54, 1.807) is 0 Å². The van der Waals surface area contributed by atoms with Crippen molar-refractivity contribution < 1.29 is 76.5 Å². The molecule has 8 aromatic rings. The van der Waals surface area contributed by atoms with E-state index in [4.69, 9.17) is 0 Å². The minimum absolute atomic E-state index is 0. The molecule has 6 heteroatoms. The second-order valence-electron chi connectivity index (χ2n) is 9.60. The van der Waals surface area contributed by atoms with Crippen LogP contribution >= 0.6 is 0 Å². The van der Waals surface area contributed by atoms with Gasteiger partial charge in [0.25, 0.3) is 0 Å². The Bertz CT molecular complexity index is 1520. The van der Waals surface area contributed by atoms with Gasteiger partial charge < -0.3 is 24.8 Å². The maximum Gasteiger partial charge on any atom is 0.0660 e. The molecule has 0 saturated carbocycles. The van der Waals surface area contributed by atoms with E-state index in [0.717, 1.165) is 19.0 Å². The zero-order valence-corrected chi connectivity index (χ0v) is 38.2. The molecule has 8 rings (SSSR count). The summed E-state index contributed by atoms with van der Waals surface area (Å²) in [6.45, 7) is 11.2. The minimum Gasteiger partial charge on any atom is -1.00 e. The molecule has 0 amide bonds. The van der Waals surface area contributed by atoms with Gasteiger partial charge in [0.2, 0.25) is 0 Å².